The van der Waals surface area contributed by atoms with E-state index < -0.39 is 6.10 Å². The van der Waals surface area contributed by atoms with Crippen LogP contribution in [0, 0.1) is 11.8 Å². The van der Waals surface area contributed by atoms with E-state index >= 15 is 0 Å². The summed E-state index contributed by atoms with van der Waals surface area (Å²) < 4.78 is 5.82. The van der Waals surface area contributed by atoms with Gasteiger partial charge in [-0.3, -0.25) is 4.79 Å². The Kier molecular flexibility index (Phi) is 4.39. The summed E-state index contributed by atoms with van der Waals surface area (Å²) in [5.74, 6) is 2.31. The minimum Gasteiger partial charge on any atom is -0.481 e. The van der Waals surface area contributed by atoms with Crippen LogP contribution < -0.4 is 10.1 Å². The lowest BCUT2D eigenvalue weighted by Crippen LogP contribution is -2.44. The minimum atomic E-state index is -0.449. The molecule has 0 spiro atoms. The molecule has 126 valence electrons. The van der Waals surface area contributed by atoms with Gasteiger partial charge in [-0.2, -0.15) is 0 Å². The third-order valence-corrected chi connectivity index (χ3v) is 5.47. The molecule has 2 fully saturated rings. The molecular weight excluding hydrogens is 286 g/mol. The van der Waals surface area contributed by atoms with Gasteiger partial charge in [0.05, 0.1) is 0 Å². The fourth-order valence-electron chi connectivity index (χ4n) is 4.01. The first kappa shape index (κ1) is 16.4. The number of carbonyl (C=O) groups excluding carboxylic acids is 1. The van der Waals surface area contributed by atoms with Gasteiger partial charge < -0.3 is 10.1 Å². The molecule has 0 unspecified atom stereocenters. The largest absolute Gasteiger partial charge is 0.481 e. The van der Waals surface area contributed by atoms with Crippen LogP contribution in [0.2, 0.25) is 0 Å². The van der Waals surface area contributed by atoms with Gasteiger partial charge in [0.25, 0.3) is 5.91 Å². The molecule has 3 heteroatoms. The van der Waals surface area contributed by atoms with E-state index in [-0.39, 0.29) is 11.3 Å². The van der Waals surface area contributed by atoms with Gasteiger partial charge in [-0.15, -0.1) is 0 Å². The number of carbonyl (C=O) groups is 1. The van der Waals surface area contributed by atoms with Crippen LogP contribution in [0.15, 0.2) is 24.3 Å². The Hall–Kier alpha value is -1.51. The molecular formula is C20H29NO2. The minimum absolute atomic E-state index is 0.0162. The fraction of sp³-hybridized carbons (Fsp3) is 0.650. The van der Waals surface area contributed by atoms with E-state index in [1.54, 1.807) is 0 Å². The number of fused-ring (bicyclic) bond motifs is 2. The van der Waals surface area contributed by atoms with Crippen LogP contribution in [0.5, 0.6) is 5.75 Å². The van der Waals surface area contributed by atoms with Crippen LogP contribution in [-0.4, -0.2) is 18.1 Å². The standard InChI is InChI=1S/C20H29NO2/c1-13(19(22)21-18-12-14-5-6-15(18)11-14)23-17-9-7-16(8-10-17)20(2,3)4/h7-10,13-15,18H,5-6,11-12H2,1-4H3,(H,21,22)/t13-,14-,15-,18-/m0/s1. The van der Waals surface area contributed by atoms with E-state index in [0.29, 0.717) is 12.0 Å². The predicted molar refractivity (Wildman–Crippen MR) is 92.6 cm³/mol. The van der Waals surface area contributed by atoms with Gasteiger partial charge in [0.2, 0.25) is 0 Å². The first-order valence-electron chi connectivity index (χ1n) is 8.90. The fourth-order valence-corrected chi connectivity index (χ4v) is 4.01. The van der Waals surface area contributed by atoms with E-state index in [1.807, 2.05) is 19.1 Å². The van der Waals surface area contributed by atoms with Crippen molar-refractivity contribution in [3.63, 3.8) is 0 Å². The molecule has 2 bridgehead atoms. The summed E-state index contributed by atoms with van der Waals surface area (Å²) in [5, 5.41) is 3.20. The highest BCUT2D eigenvalue weighted by molar-refractivity contribution is 5.81. The molecule has 1 aromatic carbocycles. The SMILES string of the molecule is C[C@H](Oc1ccc(C(C)(C)C)cc1)C(=O)N[C@H]1C[C@H]2CC[C@H]1C2. The van der Waals surface area contributed by atoms with Gasteiger partial charge in [0, 0.05) is 6.04 Å². The van der Waals surface area contributed by atoms with Crippen molar-refractivity contribution in [3.8, 4) is 5.75 Å². The Morgan fingerprint density at radius 1 is 1.17 bits per heavy atom. The van der Waals surface area contributed by atoms with Crippen LogP contribution in [0.3, 0.4) is 0 Å². The lowest BCUT2D eigenvalue weighted by Gasteiger charge is -2.25. The second-order valence-corrected chi connectivity index (χ2v) is 8.32. The van der Waals surface area contributed by atoms with Gasteiger partial charge in [-0.1, -0.05) is 39.3 Å². The maximum atomic E-state index is 12.4. The zero-order valence-corrected chi connectivity index (χ0v) is 14.8. The number of hydrogen-bond acceptors (Lipinski definition) is 2. The Labute approximate surface area is 139 Å². The number of benzene rings is 1. The third kappa shape index (κ3) is 3.70. The molecule has 0 aromatic heterocycles. The highest BCUT2D eigenvalue weighted by Crippen LogP contribution is 2.44. The first-order chi connectivity index (χ1) is 10.8. The molecule has 3 nitrogen and oxygen atoms in total. The molecule has 0 aliphatic heterocycles. The Morgan fingerprint density at radius 3 is 2.39 bits per heavy atom. The number of rotatable bonds is 4. The summed E-state index contributed by atoms with van der Waals surface area (Å²) in [5.41, 5.74) is 1.40. The summed E-state index contributed by atoms with van der Waals surface area (Å²) in [6, 6.07) is 8.45. The number of nitrogens with one attached hydrogen (secondary N) is 1. The van der Waals surface area contributed by atoms with E-state index in [2.05, 4.69) is 38.2 Å². The van der Waals surface area contributed by atoms with Crippen molar-refractivity contribution in [3.05, 3.63) is 29.8 Å². The molecule has 0 heterocycles. The van der Waals surface area contributed by atoms with E-state index in [1.165, 1.54) is 24.8 Å². The Morgan fingerprint density at radius 2 is 1.87 bits per heavy atom. The molecule has 0 saturated heterocycles. The number of amides is 1. The van der Waals surface area contributed by atoms with E-state index in [0.717, 1.165) is 18.1 Å². The summed E-state index contributed by atoms with van der Waals surface area (Å²) in [4.78, 5) is 12.4. The van der Waals surface area contributed by atoms with Crippen LogP contribution in [0.1, 0.15) is 58.9 Å². The molecule has 2 saturated carbocycles. The third-order valence-electron chi connectivity index (χ3n) is 5.47. The Bertz CT molecular complexity index is 558. The maximum absolute atomic E-state index is 12.4. The lowest BCUT2D eigenvalue weighted by molar-refractivity contribution is -0.128. The van der Waals surface area contributed by atoms with Crippen LogP contribution in [0.4, 0.5) is 0 Å². The highest BCUT2D eigenvalue weighted by atomic mass is 16.5. The molecule has 1 aromatic rings. The van der Waals surface area contributed by atoms with Crippen molar-refractivity contribution in [2.24, 2.45) is 11.8 Å². The monoisotopic (exact) mass is 315 g/mol. The molecule has 4 atom stereocenters. The van der Waals surface area contributed by atoms with Crippen LogP contribution >= 0.6 is 0 Å². The van der Waals surface area contributed by atoms with Gasteiger partial charge in [-0.25, -0.2) is 0 Å². The summed E-state index contributed by atoms with van der Waals surface area (Å²) in [6.45, 7) is 8.40. The molecule has 1 N–H and O–H groups in total. The highest BCUT2D eigenvalue weighted by Gasteiger charge is 2.40. The zero-order valence-electron chi connectivity index (χ0n) is 14.8. The average Bonchev–Trinajstić information content (AvgIpc) is 3.09. The second-order valence-electron chi connectivity index (χ2n) is 8.32. The van der Waals surface area contributed by atoms with E-state index in [9.17, 15) is 4.79 Å². The molecule has 23 heavy (non-hydrogen) atoms. The summed E-state index contributed by atoms with van der Waals surface area (Å²) in [7, 11) is 0. The summed E-state index contributed by atoms with van der Waals surface area (Å²) in [6.07, 6.45) is 4.63. The van der Waals surface area contributed by atoms with Crippen LogP contribution in [0.25, 0.3) is 0 Å². The maximum Gasteiger partial charge on any atom is 0.261 e. The average molecular weight is 315 g/mol. The number of ether oxygens (including phenoxy) is 1. The predicted octanol–water partition coefficient (Wildman–Crippen LogP) is 4.06. The lowest BCUT2D eigenvalue weighted by atomic mass is 9.87. The quantitative estimate of drug-likeness (QED) is 0.910. The van der Waals surface area contributed by atoms with Gasteiger partial charge in [-0.05, 0) is 61.1 Å². The molecule has 2 aliphatic carbocycles. The van der Waals surface area contributed by atoms with Crippen molar-refractivity contribution in [1.29, 1.82) is 0 Å². The topological polar surface area (TPSA) is 38.3 Å². The van der Waals surface area contributed by atoms with Gasteiger partial charge >= 0.3 is 0 Å². The van der Waals surface area contributed by atoms with Crippen molar-refractivity contribution >= 4 is 5.91 Å². The van der Waals surface area contributed by atoms with Crippen molar-refractivity contribution in [2.75, 3.05) is 0 Å². The molecule has 1 amide bonds. The second kappa shape index (κ2) is 6.18. The normalized spacial score (nSPS) is 27.7. The van der Waals surface area contributed by atoms with Gasteiger partial charge in [0.15, 0.2) is 6.10 Å². The smallest absolute Gasteiger partial charge is 0.261 e. The van der Waals surface area contributed by atoms with E-state index in [4.69, 9.17) is 4.74 Å². The molecule has 2 aliphatic rings. The molecule has 0 radical (unpaired) electrons. The number of hydrogen-bond donors (Lipinski definition) is 1. The van der Waals surface area contributed by atoms with Crippen LogP contribution in [-0.2, 0) is 10.2 Å². The van der Waals surface area contributed by atoms with Crippen molar-refractivity contribution in [1.82, 2.24) is 5.32 Å². The zero-order chi connectivity index (χ0) is 16.6. The Balaban J connectivity index is 1.54. The molecule has 3 rings (SSSR count). The summed E-state index contributed by atoms with van der Waals surface area (Å²) >= 11 is 0. The van der Waals surface area contributed by atoms with Crippen molar-refractivity contribution in [2.45, 2.75) is 70.9 Å². The first-order valence-corrected chi connectivity index (χ1v) is 8.90. The van der Waals surface area contributed by atoms with Gasteiger partial charge in [0.1, 0.15) is 5.75 Å². The van der Waals surface area contributed by atoms with Crippen molar-refractivity contribution < 1.29 is 9.53 Å².